The van der Waals surface area contributed by atoms with Crippen molar-refractivity contribution in [1.82, 2.24) is 0 Å². The monoisotopic (exact) mass is 342 g/mol. The van der Waals surface area contributed by atoms with Crippen molar-refractivity contribution >= 4 is 11.8 Å². The first kappa shape index (κ1) is 15.8. The molecule has 2 N–H and O–H groups in total. The van der Waals surface area contributed by atoms with Gasteiger partial charge in [-0.1, -0.05) is 18.2 Å². The highest BCUT2D eigenvalue weighted by atomic mass is 16.4. The van der Waals surface area contributed by atoms with Gasteiger partial charge in [0.1, 0.15) is 0 Å². The molecule has 4 saturated carbocycles. The Morgan fingerprint density at radius 1 is 1.32 bits per heavy atom. The summed E-state index contributed by atoms with van der Waals surface area (Å²) < 4.78 is 0. The van der Waals surface area contributed by atoms with Gasteiger partial charge in [0, 0.05) is 0 Å². The summed E-state index contributed by atoms with van der Waals surface area (Å²) in [4.78, 5) is 25.4. The largest absolute Gasteiger partial charge is 0.481 e. The van der Waals surface area contributed by atoms with E-state index < -0.39 is 23.4 Å². The number of carboxylic acids is 1. The number of aliphatic carboxylic acids is 1. The lowest BCUT2D eigenvalue weighted by Gasteiger charge is -2.55. The first-order chi connectivity index (χ1) is 11.8. The van der Waals surface area contributed by atoms with Crippen LogP contribution < -0.4 is 0 Å². The van der Waals surface area contributed by atoms with Crippen molar-refractivity contribution in [2.45, 2.75) is 51.6 Å². The molecule has 4 bridgehead atoms. The first-order valence-corrected chi connectivity index (χ1v) is 9.59. The molecule has 5 aliphatic carbocycles. The van der Waals surface area contributed by atoms with Gasteiger partial charge in [-0.3, -0.25) is 9.59 Å². The summed E-state index contributed by atoms with van der Waals surface area (Å²) in [6, 6.07) is 0. The van der Waals surface area contributed by atoms with Gasteiger partial charge in [0.05, 0.1) is 17.4 Å². The van der Waals surface area contributed by atoms with E-state index in [0.29, 0.717) is 12.3 Å². The normalized spacial score (nSPS) is 55.8. The molecule has 4 heteroatoms. The second-order valence-electron chi connectivity index (χ2n) is 9.54. The molecule has 0 saturated heterocycles. The molecule has 0 radical (unpaired) electrons. The zero-order chi connectivity index (χ0) is 17.8. The van der Waals surface area contributed by atoms with Crippen molar-refractivity contribution in [2.24, 2.45) is 39.9 Å². The van der Waals surface area contributed by atoms with Crippen LogP contribution in [0, 0.1) is 39.9 Å². The quantitative estimate of drug-likeness (QED) is 0.719. The van der Waals surface area contributed by atoms with Crippen LogP contribution in [0.3, 0.4) is 0 Å². The van der Waals surface area contributed by atoms with Gasteiger partial charge in [0.25, 0.3) is 0 Å². The Hall–Kier alpha value is -1.42. The highest BCUT2D eigenvalue weighted by Gasteiger charge is 2.77. The third-order valence-electron chi connectivity index (χ3n) is 8.97. The molecule has 5 rings (SSSR count). The van der Waals surface area contributed by atoms with Crippen molar-refractivity contribution in [3.05, 3.63) is 24.3 Å². The van der Waals surface area contributed by atoms with Gasteiger partial charge >= 0.3 is 5.97 Å². The molecule has 25 heavy (non-hydrogen) atoms. The third kappa shape index (κ3) is 1.51. The molecule has 0 aromatic carbocycles. The summed E-state index contributed by atoms with van der Waals surface area (Å²) in [6.07, 6.45) is 8.16. The lowest BCUT2D eigenvalue weighted by molar-refractivity contribution is -0.164. The van der Waals surface area contributed by atoms with E-state index in [1.165, 1.54) is 5.57 Å². The van der Waals surface area contributed by atoms with Crippen LogP contribution in [0.25, 0.3) is 0 Å². The smallest absolute Gasteiger partial charge is 0.307 e. The summed E-state index contributed by atoms with van der Waals surface area (Å²) in [6.45, 7) is 6.09. The summed E-state index contributed by atoms with van der Waals surface area (Å²) in [5, 5.41) is 21.1. The molecule has 1 spiro atoms. The molecule has 4 fully saturated rings. The number of aliphatic hydroxyl groups excluding tert-OH is 1. The minimum atomic E-state index is -0.971. The van der Waals surface area contributed by atoms with Crippen molar-refractivity contribution in [1.29, 1.82) is 0 Å². The number of rotatable bonds is 1. The molecule has 8 atom stereocenters. The molecule has 5 aliphatic rings. The van der Waals surface area contributed by atoms with Crippen molar-refractivity contribution in [3.63, 3.8) is 0 Å². The van der Waals surface area contributed by atoms with Crippen molar-refractivity contribution in [2.75, 3.05) is 0 Å². The molecule has 0 unspecified atom stereocenters. The summed E-state index contributed by atoms with van der Waals surface area (Å²) in [5.74, 6) is -1.00. The Morgan fingerprint density at radius 2 is 2.08 bits per heavy atom. The molecule has 0 aromatic rings. The van der Waals surface area contributed by atoms with Gasteiger partial charge in [-0.05, 0) is 80.1 Å². The topological polar surface area (TPSA) is 74.6 Å². The number of carboxylic acid groups (broad SMARTS) is 1. The number of hydrogen-bond acceptors (Lipinski definition) is 3. The van der Waals surface area contributed by atoms with Crippen molar-refractivity contribution < 1.29 is 19.8 Å². The van der Waals surface area contributed by atoms with Crippen LogP contribution in [-0.2, 0) is 9.59 Å². The highest BCUT2D eigenvalue weighted by Crippen LogP contribution is 2.78. The van der Waals surface area contributed by atoms with E-state index in [4.69, 9.17) is 0 Å². The van der Waals surface area contributed by atoms with Crippen molar-refractivity contribution in [3.8, 4) is 0 Å². The Bertz CT molecular complexity index is 738. The van der Waals surface area contributed by atoms with E-state index in [0.717, 1.165) is 32.1 Å². The molecular formula is C21H26O4. The van der Waals surface area contributed by atoms with E-state index in [1.54, 1.807) is 6.08 Å². The lowest BCUT2D eigenvalue weighted by atomic mass is 9.48. The van der Waals surface area contributed by atoms with E-state index >= 15 is 0 Å². The maximum absolute atomic E-state index is 12.9. The maximum atomic E-state index is 12.9. The molecule has 0 aromatic heterocycles. The van der Waals surface area contributed by atoms with E-state index in [1.807, 2.05) is 6.92 Å². The second kappa shape index (κ2) is 4.46. The van der Waals surface area contributed by atoms with Gasteiger partial charge in [0.2, 0.25) is 0 Å². The number of allylic oxidation sites excluding steroid dienone is 3. The molecular weight excluding hydrogens is 316 g/mol. The minimum absolute atomic E-state index is 0.0880. The summed E-state index contributed by atoms with van der Waals surface area (Å²) >= 11 is 0. The number of fused-ring (bicyclic) bond motifs is 1. The van der Waals surface area contributed by atoms with Gasteiger partial charge < -0.3 is 10.2 Å². The van der Waals surface area contributed by atoms with E-state index in [-0.39, 0.29) is 28.4 Å². The Labute approximate surface area is 148 Å². The van der Waals surface area contributed by atoms with Gasteiger partial charge in [-0.25, -0.2) is 0 Å². The molecule has 0 aliphatic heterocycles. The SMILES string of the molecule is C=C1C[C@]23C[C@H]1CC[C@H]2[C@]12C=CC(=O)[C@](C)([C@@H](O)CC1)[C@H]2[C@@H]3C(=O)O. The van der Waals surface area contributed by atoms with E-state index in [9.17, 15) is 19.8 Å². The number of aliphatic hydroxyl groups is 1. The van der Waals surface area contributed by atoms with Crippen LogP contribution in [0.5, 0.6) is 0 Å². The average Bonchev–Trinajstić information content (AvgIpc) is 2.97. The zero-order valence-electron chi connectivity index (χ0n) is 14.7. The summed E-state index contributed by atoms with van der Waals surface area (Å²) in [5.41, 5.74) is -0.293. The van der Waals surface area contributed by atoms with E-state index in [2.05, 4.69) is 12.7 Å². The molecule has 0 heterocycles. The third-order valence-corrected chi connectivity index (χ3v) is 8.97. The fraction of sp³-hybridized carbons (Fsp3) is 0.714. The number of ketones is 1. The van der Waals surface area contributed by atoms with Crippen LogP contribution in [0.15, 0.2) is 24.3 Å². The number of hydrogen-bond donors (Lipinski definition) is 2. The van der Waals surface area contributed by atoms with Crippen LogP contribution >= 0.6 is 0 Å². The standard InChI is InChI=1S/C21H26O4/c1-11-9-21-10-12(11)3-4-13(21)20-7-5-14(22)19(2,15(23)6-8-20)17(20)16(21)18(24)25/h5,7,12-13,15-17,23H,1,3-4,6,8-10H2,2H3,(H,24,25)/t12-,13+,15+,16-,17-,19-,20+,21+/m1/s1. The predicted octanol–water partition coefficient (Wildman–Crippen LogP) is 2.97. The van der Waals surface area contributed by atoms with Crippen LogP contribution in [0.4, 0.5) is 0 Å². The number of carbonyl (C=O) groups is 2. The van der Waals surface area contributed by atoms with Crippen LogP contribution in [-0.4, -0.2) is 28.1 Å². The predicted molar refractivity (Wildman–Crippen MR) is 91.6 cm³/mol. The first-order valence-electron chi connectivity index (χ1n) is 9.59. The fourth-order valence-corrected chi connectivity index (χ4v) is 8.13. The molecule has 4 nitrogen and oxygen atoms in total. The fourth-order valence-electron chi connectivity index (χ4n) is 8.13. The van der Waals surface area contributed by atoms with Gasteiger partial charge in [0.15, 0.2) is 5.78 Å². The molecule has 134 valence electrons. The van der Waals surface area contributed by atoms with Gasteiger partial charge in [-0.15, -0.1) is 0 Å². The Morgan fingerprint density at radius 3 is 2.80 bits per heavy atom. The Balaban J connectivity index is 1.79. The molecule has 0 amide bonds. The minimum Gasteiger partial charge on any atom is -0.481 e. The lowest BCUT2D eigenvalue weighted by Crippen LogP contribution is -2.59. The maximum Gasteiger partial charge on any atom is 0.307 e. The second-order valence-corrected chi connectivity index (χ2v) is 9.54. The zero-order valence-corrected chi connectivity index (χ0v) is 14.7. The van der Waals surface area contributed by atoms with Crippen LogP contribution in [0.2, 0.25) is 0 Å². The van der Waals surface area contributed by atoms with Crippen LogP contribution in [0.1, 0.15) is 45.4 Å². The Kier molecular flexibility index (Phi) is 2.82. The average molecular weight is 342 g/mol. The summed E-state index contributed by atoms with van der Waals surface area (Å²) in [7, 11) is 0. The van der Waals surface area contributed by atoms with Gasteiger partial charge in [-0.2, -0.15) is 0 Å². The number of carbonyl (C=O) groups excluding carboxylic acids is 1. The highest BCUT2D eigenvalue weighted by molar-refractivity contribution is 5.97.